The standard InChI is InChI=1S/Al.2AsH3O4.Ga/c;2*2-1(3,4)5;/h;2*(H3,2,3,4,5);/q+3;;;+3/p-6. The zero-order valence-electron chi connectivity index (χ0n) is 5.32. The van der Waals surface area contributed by atoms with Crippen molar-refractivity contribution in [3.63, 3.8) is 0 Å². The third-order valence-electron chi connectivity index (χ3n) is 0. The SMILES string of the molecule is O=[As]([O-])([O-])[O-].O=[As]([O-])([O-])[O-].[Al+3].[Ga+3]. The Bertz CT molecular complexity index is 129. The summed E-state index contributed by atoms with van der Waals surface area (Å²) in [5.74, 6) is 0. The zero-order chi connectivity index (χ0) is 9.00. The summed E-state index contributed by atoms with van der Waals surface area (Å²) >= 11 is -11.8. The largest absolute Gasteiger partial charge is 3.00 e. The van der Waals surface area contributed by atoms with Gasteiger partial charge in [-0.1, -0.05) is 0 Å². The van der Waals surface area contributed by atoms with Crippen molar-refractivity contribution in [3.8, 4) is 0 Å². The predicted octanol–water partition coefficient (Wildman–Crippen LogP) is -8.89. The van der Waals surface area contributed by atoms with Gasteiger partial charge in [0.1, 0.15) is 0 Å². The van der Waals surface area contributed by atoms with Crippen LogP contribution in [0.2, 0.25) is 0 Å². The molecule has 0 aromatic heterocycles. The van der Waals surface area contributed by atoms with Crippen LogP contribution in [-0.4, -0.2) is 66.2 Å². The van der Waals surface area contributed by atoms with Crippen LogP contribution in [0.15, 0.2) is 0 Å². The zero-order valence-corrected chi connectivity index (χ0v) is 12.6. The summed E-state index contributed by atoms with van der Waals surface area (Å²) in [4.78, 5) is 0. The van der Waals surface area contributed by atoms with Gasteiger partial charge in [-0.05, 0) is 0 Å². The number of hydrogen-bond donors (Lipinski definition) is 0. The van der Waals surface area contributed by atoms with Crippen LogP contribution in [0.25, 0.3) is 0 Å². The molecule has 0 N–H and O–H groups in total. The fraction of sp³-hybridized carbons (Fsp3) is 0. The quantitative estimate of drug-likeness (QED) is 0.376. The first-order chi connectivity index (χ1) is 4.00. The average molecular weight is 375 g/mol. The van der Waals surface area contributed by atoms with Crippen LogP contribution in [0.1, 0.15) is 0 Å². The summed E-state index contributed by atoms with van der Waals surface area (Å²) in [5.41, 5.74) is 0. The Hall–Kier alpha value is 1.65. The van der Waals surface area contributed by atoms with E-state index >= 15 is 0 Å². The molecule has 12 heavy (non-hydrogen) atoms. The smallest absolute Gasteiger partial charge is 3.00 e. The molecule has 8 nitrogen and oxygen atoms in total. The molecule has 0 spiro atoms. The van der Waals surface area contributed by atoms with E-state index < -0.39 is 29.0 Å². The Labute approximate surface area is 97.5 Å². The first-order valence-electron chi connectivity index (χ1n) is 1.46. The molecule has 0 aliphatic rings. The van der Waals surface area contributed by atoms with Crippen LogP contribution in [0.5, 0.6) is 0 Å². The van der Waals surface area contributed by atoms with E-state index in [0.717, 1.165) is 0 Å². The molecule has 0 radical (unpaired) electrons. The third-order valence-corrected chi connectivity index (χ3v) is 0. The molecule has 0 aliphatic heterocycles. The monoisotopic (exact) mass is 374 g/mol. The van der Waals surface area contributed by atoms with E-state index in [1.165, 1.54) is 0 Å². The Morgan fingerprint density at radius 1 is 0.667 bits per heavy atom. The van der Waals surface area contributed by atoms with Crippen molar-refractivity contribution in [1.82, 2.24) is 0 Å². The van der Waals surface area contributed by atoms with Gasteiger partial charge in [-0.15, -0.1) is 0 Å². The van der Waals surface area contributed by atoms with Gasteiger partial charge < -0.3 is 0 Å². The maximum Gasteiger partial charge on any atom is 3.00 e. The molecule has 0 fully saturated rings. The normalized spacial score (nSPS) is 9.83. The molecule has 64 valence electrons. The molecule has 12 heteroatoms. The third kappa shape index (κ3) is 487. The number of hydrogen-bond acceptors (Lipinski definition) is 8. The summed E-state index contributed by atoms with van der Waals surface area (Å²) in [7, 11) is 0. The van der Waals surface area contributed by atoms with Crippen LogP contribution in [-0.2, 0) is 7.48 Å². The topological polar surface area (TPSA) is 172 Å². The second-order valence-electron chi connectivity index (χ2n) is 0.894. The van der Waals surface area contributed by atoms with Crippen molar-refractivity contribution in [3.05, 3.63) is 0 Å². The van der Waals surface area contributed by atoms with E-state index in [1.54, 1.807) is 0 Å². The summed E-state index contributed by atoms with van der Waals surface area (Å²) in [6.45, 7) is 0. The van der Waals surface area contributed by atoms with E-state index in [1.807, 2.05) is 0 Å². The van der Waals surface area contributed by atoms with Crippen LogP contribution in [0.3, 0.4) is 0 Å². The first kappa shape index (κ1) is 23.5. The molecule has 0 aromatic carbocycles. The summed E-state index contributed by atoms with van der Waals surface area (Å²) in [5, 5.41) is 0. The van der Waals surface area contributed by atoms with Gasteiger partial charge in [0, 0.05) is 0 Å². The minimum absolute atomic E-state index is 0. The van der Waals surface area contributed by atoms with Crippen molar-refractivity contribution >= 4 is 66.2 Å². The van der Waals surface area contributed by atoms with Crippen LogP contribution < -0.4 is 24.6 Å². The van der Waals surface area contributed by atoms with Gasteiger partial charge >= 0.3 is 98.2 Å². The first-order valence-corrected chi connectivity index (χ1v) is 7.59. The van der Waals surface area contributed by atoms with Gasteiger partial charge in [-0.25, -0.2) is 0 Å². The molecule has 0 aromatic rings. The van der Waals surface area contributed by atoms with Gasteiger partial charge in [0.25, 0.3) is 0 Å². The minimum Gasteiger partial charge on any atom is 3.00 e. The maximum absolute atomic E-state index is 8.61. The number of rotatable bonds is 0. The molecule has 0 unspecified atom stereocenters. The Morgan fingerprint density at radius 3 is 0.667 bits per heavy atom. The van der Waals surface area contributed by atoms with Gasteiger partial charge in [0.05, 0.1) is 0 Å². The van der Waals surface area contributed by atoms with Crippen molar-refractivity contribution in [2.24, 2.45) is 0 Å². The molecular weight excluding hydrogens is 375 g/mol. The molecule has 0 atom stereocenters. The Kier molecular flexibility index (Phi) is 18.0. The van der Waals surface area contributed by atoms with E-state index in [2.05, 4.69) is 0 Å². The van der Waals surface area contributed by atoms with E-state index in [9.17, 15) is 0 Å². The summed E-state index contributed by atoms with van der Waals surface area (Å²) < 4.78 is 68.9. The molecule has 0 saturated carbocycles. The van der Waals surface area contributed by atoms with Crippen molar-refractivity contribution in [2.75, 3.05) is 0 Å². The molecular formula is AlAs2GaO8. The maximum atomic E-state index is 8.61. The second-order valence-corrected chi connectivity index (χ2v) is 4.65. The van der Waals surface area contributed by atoms with Gasteiger partial charge in [0.2, 0.25) is 0 Å². The molecule has 0 saturated heterocycles. The second kappa shape index (κ2) is 9.21. The van der Waals surface area contributed by atoms with Crippen molar-refractivity contribution in [2.45, 2.75) is 0 Å². The van der Waals surface area contributed by atoms with Gasteiger partial charge in [-0.2, -0.15) is 0 Å². The van der Waals surface area contributed by atoms with Crippen LogP contribution in [0.4, 0.5) is 0 Å². The van der Waals surface area contributed by atoms with E-state index in [4.69, 9.17) is 32.1 Å². The average Bonchev–Trinajstić information content (AvgIpc) is 1.12. The fourth-order valence-electron chi connectivity index (χ4n) is 0. The van der Waals surface area contributed by atoms with Crippen molar-refractivity contribution < 1.29 is 32.1 Å². The molecule has 0 bridgehead atoms. The van der Waals surface area contributed by atoms with E-state index in [-0.39, 0.29) is 37.2 Å². The predicted molar refractivity (Wildman–Crippen MR) is 24.4 cm³/mol. The Morgan fingerprint density at radius 2 is 0.667 bits per heavy atom. The van der Waals surface area contributed by atoms with E-state index in [0.29, 0.717) is 0 Å². The van der Waals surface area contributed by atoms with Gasteiger partial charge in [0.15, 0.2) is 0 Å². The van der Waals surface area contributed by atoms with Crippen LogP contribution >= 0.6 is 0 Å². The molecule has 0 heterocycles. The van der Waals surface area contributed by atoms with Gasteiger partial charge in [-0.3, -0.25) is 0 Å². The molecule has 0 aliphatic carbocycles. The van der Waals surface area contributed by atoms with Crippen LogP contribution in [0, 0.1) is 0 Å². The molecule has 0 amide bonds. The minimum atomic E-state index is -5.88. The fourth-order valence-corrected chi connectivity index (χ4v) is 0. The Balaban J connectivity index is -0.0000000457. The summed E-state index contributed by atoms with van der Waals surface area (Å²) in [6, 6.07) is 0. The summed E-state index contributed by atoms with van der Waals surface area (Å²) in [6.07, 6.45) is 0. The molecule has 0 rings (SSSR count). The van der Waals surface area contributed by atoms with Crippen molar-refractivity contribution in [1.29, 1.82) is 0 Å².